The van der Waals surface area contributed by atoms with Gasteiger partial charge in [-0.05, 0) is 26.2 Å². The normalized spacial score (nSPS) is 26.4. The van der Waals surface area contributed by atoms with Gasteiger partial charge < -0.3 is 15.8 Å². The summed E-state index contributed by atoms with van der Waals surface area (Å²) in [6, 6.07) is -1.25. The summed E-state index contributed by atoms with van der Waals surface area (Å²) in [6.45, 7) is 5.19. The lowest BCUT2D eigenvalue weighted by atomic mass is 10.0. The number of carbonyl (C=O) groups excluding carboxylic acids is 2. The summed E-state index contributed by atoms with van der Waals surface area (Å²) in [5.41, 5.74) is 4.85. The lowest BCUT2D eigenvalue weighted by Gasteiger charge is -2.18. The molecule has 3 amide bonds. The molecule has 1 aliphatic rings. The van der Waals surface area contributed by atoms with E-state index in [-0.39, 0.29) is 6.10 Å². The molecule has 1 saturated heterocycles. The third kappa shape index (κ3) is 3.79. The largest absolute Gasteiger partial charge is 0.378 e. The van der Waals surface area contributed by atoms with E-state index in [2.05, 4.69) is 5.32 Å². The average Bonchev–Trinajstić information content (AvgIpc) is 2.59. The Bertz CT molecular complexity index is 270. The van der Waals surface area contributed by atoms with E-state index < -0.39 is 18.0 Å². The first-order chi connectivity index (χ1) is 7.50. The molecular weight excluding hydrogens is 210 g/mol. The molecule has 1 fully saturated rings. The predicted molar refractivity (Wildman–Crippen MR) is 58.7 cm³/mol. The Morgan fingerprint density at radius 2 is 2.25 bits per heavy atom. The molecule has 3 atom stereocenters. The van der Waals surface area contributed by atoms with Gasteiger partial charge in [0.1, 0.15) is 0 Å². The number of carbonyl (C=O) groups is 2. The number of rotatable bonds is 4. The molecule has 1 rings (SSSR count). The van der Waals surface area contributed by atoms with Crippen molar-refractivity contribution in [3.63, 3.8) is 0 Å². The minimum Gasteiger partial charge on any atom is -0.378 e. The highest BCUT2D eigenvalue weighted by atomic mass is 16.5. The Hall–Kier alpha value is -1.14. The molecule has 4 N–H and O–H groups in total. The summed E-state index contributed by atoms with van der Waals surface area (Å²) in [4.78, 5) is 21.8. The highest BCUT2D eigenvalue weighted by Crippen LogP contribution is 2.19. The van der Waals surface area contributed by atoms with Crippen molar-refractivity contribution in [2.24, 2.45) is 11.7 Å². The SMILES string of the molecule is CC(NCC1CCOC1C)C(=O)NC(N)=O. The van der Waals surface area contributed by atoms with Crippen LogP contribution in [0.1, 0.15) is 20.3 Å². The highest BCUT2D eigenvalue weighted by Gasteiger charge is 2.25. The van der Waals surface area contributed by atoms with Crippen molar-refractivity contribution in [2.45, 2.75) is 32.4 Å². The van der Waals surface area contributed by atoms with Crippen LogP contribution in [0, 0.1) is 5.92 Å². The van der Waals surface area contributed by atoms with Crippen LogP contribution in [0.25, 0.3) is 0 Å². The molecule has 0 aromatic carbocycles. The molecule has 0 spiro atoms. The van der Waals surface area contributed by atoms with Crippen molar-refractivity contribution in [3.05, 3.63) is 0 Å². The predicted octanol–water partition coefficient (Wildman–Crippen LogP) is -0.416. The Morgan fingerprint density at radius 3 is 2.75 bits per heavy atom. The monoisotopic (exact) mass is 229 g/mol. The van der Waals surface area contributed by atoms with Gasteiger partial charge in [-0.15, -0.1) is 0 Å². The van der Waals surface area contributed by atoms with E-state index in [1.54, 1.807) is 6.92 Å². The van der Waals surface area contributed by atoms with Crippen molar-refractivity contribution < 1.29 is 14.3 Å². The number of nitrogens with two attached hydrogens (primary N) is 1. The number of urea groups is 1. The Labute approximate surface area is 94.9 Å². The molecule has 1 heterocycles. The van der Waals surface area contributed by atoms with E-state index in [0.717, 1.165) is 13.0 Å². The first-order valence-corrected chi connectivity index (χ1v) is 5.46. The fraction of sp³-hybridized carbons (Fsp3) is 0.800. The number of imide groups is 1. The maximum atomic E-state index is 11.3. The van der Waals surface area contributed by atoms with Crippen LogP contribution in [-0.2, 0) is 9.53 Å². The van der Waals surface area contributed by atoms with Crippen LogP contribution in [0.15, 0.2) is 0 Å². The topological polar surface area (TPSA) is 93.4 Å². The lowest BCUT2D eigenvalue weighted by molar-refractivity contribution is -0.121. The number of nitrogens with one attached hydrogen (secondary N) is 2. The third-order valence-electron chi connectivity index (χ3n) is 2.86. The molecule has 92 valence electrons. The maximum absolute atomic E-state index is 11.3. The smallest absolute Gasteiger partial charge is 0.318 e. The van der Waals surface area contributed by atoms with E-state index in [4.69, 9.17) is 10.5 Å². The molecule has 0 aromatic rings. The highest BCUT2D eigenvalue weighted by molar-refractivity contribution is 5.96. The summed E-state index contributed by atoms with van der Waals surface area (Å²) in [5, 5.41) is 5.10. The molecule has 0 saturated carbocycles. The molecule has 3 unspecified atom stereocenters. The molecule has 0 aliphatic carbocycles. The van der Waals surface area contributed by atoms with Crippen molar-refractivity contribution >= 4 is 11.9 Å². The molecule has 16 heavy (non-hydrogen) atoms. The Kier molecular flexibility index (Phi) is 4.70. The number of primary amides is 1. The molecular formula is C10H19N3O3. The quantitative estimate of drug-likeness (QED) is 0.610. The maximum Gasteiger partial charge on any atom is 0.318 e. The second-order valence-electron chi connectivity index (χ2n) is 4.11. The van der Waals surface area contributed by atoms with Crippen LogP contribution in [-0.4, -0.2) is 37.2 Å². The minimum atomic E-state index is -0.823. The van der Waals surface area contributed by atoms with E-state index in [1.165, 1.54) is 0 Å². The van der Waals surface area contributed by atoms with Gasteiger partial charge in [-0.25, -0.2) is 4.79 Å². The molecule has 0 aromatic heterocycles. The third-order valence-corrected chi connectivity index (χ3v) is 2.86. The first-order valence-electron chi connectivity index (χ1n) is 5.46. The molecule has 0 radical (unpaired) electrons. The summed E-state index contributed by atoms with van der Waals surface area (Å²) in [6.07, 6.45) is 1.22. The fourth-order valence-electron chi connectivity index (χ4n) is 1.69. The van der Waals surface area contributed by atoms with Gasteiger partial charge in [0.25, 0.3) is 0 Å². The van der Waals surface area contributed by atoms with Gasteiger partial charge in [0, 0.05) is 13.2 Å². The zero-order chi connectivity index (χ0) is 12.1. The summed E-state index contributed by atoms with van der Waals surface area (Å²) < 4.78 is 5.41. The van der Waals surface area contributed by atoms with Crippen molar-refractivity contribution in [1.82, 2.24) is 10.6 Å². The van der Waals surface area contributed by atoms with E-state index in [0.29, 0.717) is 12.5 Å². The fourth-order valence-corrected chi connectivity index (χ4v) is 1.69. The van der Waals surface area contributed by atoms with Crippen LogP contribution >= 0.6 is 0 Å². The van der Waals surface area contributed by atoms with E-state index in [9.17, 15) is 9.59 Å². The van der Waals surface area contributed by atoms with Crippen LogP contribution in [0.5, 0.6) is 0 Å². The summed E-state index contributed by atoms with van der Waals surface area (Å²) in [5.74, 6) is 0.0166. The molecule has 0 bridgehead atoms. The van der Waals surface area contributed by atoms with Gasteiger partial charge in [0.05, 0.1) is 12.1 Å². The summed E-state index contributed by atoms with van der Waals surface area (Å²) >= 11 is 0. The van der Waals surface area contributed by atoms with Gasteiger partial charge >= 0.3 is 6.03 Å². The van der Waals surface area contributed by atoms with Gasteiger partial charge in [0.15, 0.2) is 0 Å². The lowest BCUT2D eigenvalue weighted by Crippen LogP contribution is -2.47. The zero-order valence-electron chi connectivity index (χ0n) is 9.66. The van der Waals surface area contributed by atoms with Gasteiger partial charge in [-0.2, -0.15) is 0 Å². The average molecular weight is 229 g/mol. The van der Waals surface area contributed by atoms with Crippen molar-refractivity contribution in [2.75, 3.05) is 13.2 Å². The van der Waals surface area contributed by atoms with Crippen LogP contribution in [0.4, 0.5) is 4.79 Å². The second kappa shape index (κ2) is 5.81. The van der Waals surface area contributed by atoms with Gasteiger partial charge in [-0.3, -0.25) is 10.1 Å². The minimum absolute atomic E-state index is 0.221. The number of hydrogen-bond donors (Lipinski definition) is 3. The molecule has 1 aliphatic heterocycles. The number of ether oxygens (including phenoxy) is 1. The van der Waals surface area contributed by atoms with E-state index in [1.807, 2.05) is 12.2 Å². The van der Waals surface area contributed by atoms with Crippen molar-refractivity contribution in [1.29, 1.82) is 0 Å². The molecule has 6 heteroatoms. The van der Waals surface area contributed by atoms with Crippen LogP contribution < -0.4 is 16.4 Å². The second-order valence-corrected chi connectivity index (χ2v) is 4.11. The summed E-state index contributed by atoms with van der Waals surface area (Å²) in [7, 11) is 0. The van der Waals surface area contributed by atoms with E-state index >= 15 is 0 Å². The van der Waals surface area contributed by atoms with Crippen LogP contribution in [0.2, 0.25) is 0 Å². The van der Waals surface area contributed by atoms with Crippen LogP contribution in [0.3, 0.4) is 0 Å². The Morgan fingerprint density at radius 1 is 1.56 bits per heavy atom. The number of hydrogen-bond acceptors (Lipinski definition) is 4. The van der Waals surface area contributed by atoms with Crippen molar-refractivity contribution in [3.8, 4) is 0 Å². The van der Waals surface area contributed by atoms with Gasteiger partial charge in [0.2, 0.25) is 5.91 Å². The zero-order valence-corrected chi connectivity index (χ0v) is 9.66. The Balaban J connectivity index is 2.26. The van der Waals surface area contributed by atoms with Gasteiger partial charge in [-0.1, -0.05) is 0 Å². The first kappa shape index (κ1) is 12.9. The number of amides is 3. The molecule has 6 nitrogen and oxygen atoms in total. The standard InChI is InChI=1S/C10H19N3O3/c1-6(9(14)13-10(11)15)12-5-8-3-4-16-7(8)2/h6-8,12H,3-5H2,1-2H3,(H3,11,13,14,15).